The first kappa shape index (κ1) is 16.2. The second-order valence-electron chi connectivity index (χ2n) is 7.17. The molecule has 0 unspecified atom stereocenters. The molecule has 2 aliphatic carbocycles. The number of hydrogen-bond donors (Lipinski definition) is 1. The van der Waals surface area contributed by atoms with Crippen LogP contribution in [0.3, 0.4) is 0 Å². The van der Waals surface area contributed by atoms with Crippen molar-refractivity contribution in [3.63, 3.8) is 0 Å². The van der Waals surface area contributed by atoms with E-state index in [2.05, 4.69) is 6.92 Å². The highest BCUT2D eigenvalue weighted by Crippen LogP contribution is 2.46. The zero-order chi connectivity index (χ0) is 15.9. The molecule has 4 nitrogen and oxygen atoms in total. The Morgan fingerprint density at radius 1 is 1.33 bits per heavy atom. The maximum Gasteiger partial charge on any atom is 0.303 e. The second kappa shape index (κ2) is 5.56. The molecule has 0 aromatic carbocycles. The molecule has 1 fully saturated rings. The zero-order valence-electron chi connectivity index (χ0n) is 13.6. The lowest BCUT2D eigenvalue weighted by Crippen LogP contribution is -2.42. The summed E-state index contributed by atoms with van der Waals surface area (Å²) in [5, 5.41) is 10.6. The molecule has 4 atom stereocenters. The summed E-state index contributed by atoms with van der Waals surface area (Å²) in [4.78, 5) is 23.3. The number of fused-ring (bicyclic) bond motifs is 1. The van der Waals surface area contributed by atoms with Gasteiger partial charge in [0.1, 0.15) is 5.60 Å². The molecule has 0 amide bonds. The fraction of sp³-hybridized carbons (Fsp3) is 0.765. The number of rotatable bonds is 2. The van der Waals surface area contributed by atoms with E-state index in [1.165, 1.54) is 6.92 Å². The van der Waals surface area contributed by atoms with E-state index >= 15 is 0 Å². The molecular formula is C17H26O4. The molecular weight excluding hydrogens is 268 g/mol. The minimum Gasteiger partial charge on any atom is -0.459 e. The highest BCUT2D eigenvalue weighted by Gasteiger charge is 2.45. The first-order valence-electron chi connectivity index (χ1n) is 7.74. The van der Waals surface area contributed by atoms with Crippen LogP contribution < -0.4 is 0 Å². The topological polar surface area (TPSA) is 63.6 Å². The number of carbonyl (C=O) groups excluding carboxylic acids is 2. The number of ketones is 1. The summed E-state index contributed by atoms with van der Waals surface area (Å²) in [6, 6.07) is 0. The predicted octanol–water partition coefficient (Wildman–Crippen LogP) is 2.64. The van der Waals surface area contributed by atoms with E-state index in [4.69, 9.17) is 4.74 Å². The molecule has 1 N–H and O–H groups in total. The lowest BCUT2D eigenvalue weighted by Gasteiger charge is -2.36. The molecule has 0 saturated heterocycles. The summed E-state index contributed by atoms with van der Waals surface area (Å²) in [6.07, 6.45) is 1.32. The SMILES string of the molecule is CC(=O)OC(C)(C)[C@H]1CC2=C(C)C(=O)C[C@@H]2[C@@H](C)C[C@@H]1O. The molecule has 4 heteroatoms. The number of Topliss-reactive ketones (excluding diaryl/α,β-unsaturated/α-hetero) is 1. The maximum absolute atomic E-state index is 12.0. The Balaban J connectivity index is 2.35. The summed E-state index contributed by atoms with van der Waals surface area (Å²) < 4.78 is 5.44. The van der Waals surface area contributed by atoms with Crippen LogP contribution in [0.2, 0.25) is 0 Å². The van der Waals surface area contributed by atoms with E-state index in [9.17, 15) is 14.7 Å². The van der Waals surface area contributed by atoms with Gasteiger partial charge in [0.05, 0.1) is 6.10 Å². The van der Waals surface area contributed by atoms with Crippen LogP contribution in [0, 0.1) is 17.8 Å². The number of hydrogen-bond acceptors (Lipinski definition) is 4. The minimum atomic E-state index is -0.737. The lowest BCUT2D eigenvalue weighted by atomic mass is 9.81. The van der Waals surface area contributed by atoms with Gasteiger partial charge in [-0.1, -0.05) is 12.5 Å². The molecule has 1 saturated carbocycles. The smallest absolute Gasteiger partial charge is 0.303 e. The summed E-state index contributed by atoms with van der Waals surface area (Å²) >= 11 is 0. The number of aliphatic hydroxyl groups excluding tert-OH is 1. The van der Waals surface area contributed by atoms with E-state index in [-0.39, 0.29) is 29.5 Å². The molecule has 0 aromatic rings. The average Bonchev–Trinajstić information content (AvgIpc) is 2.53. The van der Waals surface area contributed by atoms with Crippen LogP contribution in [0.1, 0.15) is 53.9 Å². The first-order valence-corrected chi connectivity index (χ1v) is 7.74. The van der Waals surface area contributed by atoms with Crippen LogP contribution in [-0.2, 0) is 14.3 Å². The van der Waals surface area contributed by atoms with Gasteiger partial charge in [-0.15, -0.1) is 0 Å². The minimum absolute atomic E-state index is 0.176. The van der Waals surface area contributed by atoms with Crippen LogP contribution >= 0.6 is 0 Å². The molecule has 2 aliphatic rings. The van der Waals surface area contributed by atoms with Crippen molar-refractivity contribution < 1.29 is 19.4 Å². The van der Waals surface area contributed by atoms with Crippen molar-refractivity contribution >= 4 is 11.8 Å². The van der Waals surface area contributed by atoms with Crippen molar-refractivity contribution in [3.8, 4) is 0 Å². The van der Waals surface area contributed by atoms with E-state index in [1.807, 2.05) is 20.8 Å². The molecule has 0 bridgehead atoms. The Labute approximate surface area is 126 Å². The monoisotopic (exact) mass is 294 g/mol. The van der Waals surface area contributed by atoms with Crippen LogP contribution in [0.25, 0.3) is 0 Å². The van der Waals surface area contributed by atoms with Crippen molar-refractivity contribution in [2.24, 2.45) is 17.8 Å². The van der Waals surface area contributed by atoms with Crippen molar-refractivity contribution in [2.75, 3.05) is 0 Å². The van der Waals surface area contributed by atoms with E-state index in [0.29, 0.717) is 19.3 Å². The van der Waals surface area contributed by atoms with Crippen LogP contribution in [0.15, 0.2) is 11.1 Å². The van der Waals surface area contributed by atoms with E-state index < -0.39 is 11.7 Å². The van der Waals surface area contributed by atoms with Gasteiger partial charge >= 0.3 is 5.97 Å². The Kier molecular flexibility index (Phi) is 4.29. The number of carbonyl (C=O) groups is 2. The molecule has 0 heterocycles. The third kappa shape index (κ3) is 3.05. The Morgan fingerprint density at radius 3 is 2.52 bits per heavy atom. The van der Waals surface area contributed by atoms with Gasteiger partial charge in [0.15, 0.2) is 5.78 Å². The van der Waals surface area contributed by atoms with Crippen molar-refractivity contribution in [1.29, 1.82) is 0 Å². The molecule has 0 aromatic heterocycles. The van der Waals surface area contributed by atoms with Gasteiger partial charge in [0.2, 0.25) is 0 Å². The molecule has 0 spiro atoms. The van der Waals surface area contributed by atoms with Crippen molar-refractivity contribution in [3.05, 3.63) is 11.1 Å². The lowest BCUT2D eigenvalue weighted by molar-refractivity contribution is -0.163. The summed E-state index contributed by atoms with van der Waals surface area (Å²) in [5.74, 6) is 0.223. The van der Waals surface area contributed by atoms with Crippen LogP contribution in [-0.4, -0.2) is 28.6 Å². The largest absolute Gasteiger partial charge is 0.459 e. The van der Waals surface area contributed by atoms with E-state index in [1.54, 1.807) is 0 Å². The summed E-state index contributed by atoms with van der Waals surface area (Å²) in [5.41, 5.74) is 1.28. The Bertz CT molecular complexity index is 489. The third-order valence-electron chi connectivity index (χ3n) is 5.26. The number of allylic oxidation sites excluding steroid dienone is 2. The Morgan fingerprint density at radius 2 is 1.95 bits per heavy atom. The molecule has 2 rings (SSSR count). The normalized spacial score (nSPS) is 33.7. The quantitative estimate of drug-likeness (QED) is 0.795. The van der Waals surface area contributed by atoms with Crippen LogP contribution in [0.5, 0.6) is 0 Å². The van der Waals surface area contributed by atoms with Crippen molar-refractivity contribution in [2.45, 2.75) is 65.6 Å². The number of ether oxygens (including phenoxy) is 1. The van der Waals surface area contributed by atoms with Gasteiger partial charge in [-0.2, -0.15) is 0 Å². The molecule has 0 aliphatic heterocycles. The predicted molar refractivity (Wildman–Crippen MR) is 79.6 cm³/mol. The van der Waals surface area contributed by atoms with Gasteiger partial charge in [-0.3, -0.25) is 9.59 Å². The average molecular weight is 294 g/mol. The fourth-order valence-electron chi connectivity index (χ4n) is 4.02. The molecule has 118 valence electrons. The van der Waals surface area contributed by atoms with Gasteiger partial charge < -0.3 is 9.84 Å². The summed E-state index contributed by atoms with van der Waals surface area (Å²) in [6.45, 7) is 9.07. The number of aliphatic hydroxyl groups is 1. The highest BCUT2D eigenvalue weighted by atomic mass is 16.6. The van der Waals surface area contributed by atoms with Gasteiger partial charge in [-0.05, 0) is 51.0 Å². The standard InChI is InChI=1S/C17H26O4/c1-9-6-16(20)14(17(4,5)21-11(3)18)7-13-10(2)15(19)8-12(9)13/h9,12,14,16,20H,6-8H2,1-5H3/t9-,12+,14-,16-/m0/s1. The van der Waals surface area contributed by atoms with E-state index in [0.717, 1.165) is 11.1 Å². The summed E-state index contributed by atoms with van der Waals surface area (Å²) in [7, 11) is 0. The molecule has 0 radical (unpaired) electrons. The van der Waals surface area contributed by atoms with Crippen molar-refractivity contribution in [1.82, 2.24) is 0 Å². The Hall–Kier alpha value is -1.16. The highest BCUT2D eigenvalue weighted by molar-refractivity contribution is 5.98. The maximum atomic E-state index is 12.0. The zero-order valence-corrected chi connectivity index (χ0v) is 13.6. The third-order valence-corrected chi connectivity index (χ3v) is 5.26. The fourth-order valence-corrected chi connectivity index (χ4v) is 4.02. The van der Waals surface area contributed by atoms with Gasteiger partial charge in [0, 0.05) is 19.3 Å². The second-order valence-corrected chi connectivity index (χ2v) is 7.17. The molecule has 21 heavy (non-hydrogen) atoms. The van der Waals surface area contributed by atoms with Gasteiger partial charge in [0.25, 0.3) is 0 Å². The van der Waals surface area contributed by atoms with Gasteiger partial charge in [-0.25, -0.2) is 0 Å². The number of esters is 1. The van der Waals surface area contributed by atoms with Crippen LogP contribution in [0.4, 0.5) is 0 Å². The first-order chi connectivity index (χ1) is 9.63.